The number of rotatable bonds is 11. The summed E-state index contributed by atoms with van der Waals surface area (Å²) < 4.78 is 0. The Morgan fingerprint density at radius 3 is 2.00 bits per heavy atom. The van der Waals surface area contributed by atoms with Crippen LogP contribution in [-0.4, -0.2) is 36.3 Å². The Kier molecular flexibility index (Phi) is 10.9. The highest BCUT2D eigenvalue weighted by molar-refractivity contribution is 6.31. The molecular weight excluding hydrogens is 459 g/mol. The molecule has 0 aliphatic rings. The van der Waals surface area contributed by atoms with Crippen LogP contribution in [0.3, 0.4) is 0 Å². The first-order chi connectivity index (χ1) is 15.9. The number of hydrazine groups is 1. The van der Waals surface area contributed by atoms with Crippen molar-refractivity contribution in [2.45, 2.75) is 20.3 Å². The van der Waals surface area contributed by atoms with E-state index in [1.807, 2.05) is 62.4 Å². The van der Waals surface area contributed by atoms with Gasteiger partial charge >= 0.3 is 0 Å². The van der Waals surface area contributed by atoms with Crippen LogP contribution in [0.5, 0.6) is 0 Å². The molecule has 0 spiro atoms. The summed E-state index contributed by atoms with van der Waals surface area (Å²) in [5.74, 6) is 0.992. The lowest BCUT2D eigenvalue weighted by Gasteiger charge is -2.09. The molecule has 8 nitrogen and oxygen atoms in total. The van der Waals surface area contributed by atoms with E-state index in [4.69, 9.17) is 28.9 Å². The largest absolute Gasteiger partial charge is 0.386 e. The predicted molar refractivity (Wildman–Crippen MR) is 140 cm³/mol. The van der Waals surface area contributed by atoms with Crippen LogP contribution in [0.2, 0.25) is 10.0 Å². The molecule has 0 heterocycles. The topological polar surface area (TPSA) is 112 Å². The van der Waals surface area contributed by atoms with E-state index in [2.05, 4.69) is 43.2 Å². The Balaban J connectivity index is 1.84. The lowest BCUT2D eigenvalue weighted by Crippen LogP contribution is -2.35. The molecule has 174 valence electrons. The van der Waals surface area contributed by atoms with Gasteiger partial charge in [-0.3, -0.25) is 15.8 Å². The Hall–Kier alpha value is -3.36. The fourth-order valence-corrected chi connectivity index (χ4v) is 2.75. The van der Waals surface area contributed by atoms with Gasteiger partial charge in [-0.2, -0.15) is 10.2 Å². The molecule has 33 heavy (non-hydrogen) atoms. The van der Waals surface area contributed by atoms with Gasteiger partial charge in [0.15, 0.2) is 0 Å². The van der Waals surface area contributed by atoms with Gasteiger partial charge in [0, 0.05) is 16.5 Å². The highest BCUT2D eigenvalue weighted by atomic mass is 35.5. The minimum Gasteiger partial charge on any atom is -0.386 e. The van der Waals surface area contributed by atoms with Crippen LogP contribution in [0.1, 0.15) is 31.4 Å². The van der Waals surface area contributed by atoms with E-state index in [0.29, 0.717) is 28.1 Å². The van der Waals surface area contributed by atoms with Gasteiger partial charge in [0.25, 0.3) is 0 Å². The summed E-state index contributed by atoms with van der Waals surface area (Å²) >= 11 is 11.8. The van der Waals surface area contributed by atoms with E-state index in [9.17, 15) is 0 Å². The Morgan fingerprint density at radius 1 is 0.909 bits per heavy atom. The minimum absolute atomic E-state index is 0.222. The third-order valence-corrected chi connectivity index (χ3v) is 4.82. The van der Waals surface area contributed by atoms with Crippen molar-refractivity contribution in [3.05, 3.63) is 82.4 Å². The van der Waals surface area contributed by atoms with Gasteiger partial charge in [0.2, 0.25) is 0 Å². The standard InChI is InChI=1S/C23H28Cl2N8/c1-4-5-23(32-33-31-17(3)19-8-12-21(25)13-9-19)27-14-22(26)28-15-29-30-16(2)18-6-10-20(24)11-7-18/h4,6-13,29,33H,1,5,14-15H2,2-3H3,(H2,26,28)(H,27,32)/b30-16+,31-17-. The Bertz CT molecular complexity index is 1030. The van der Waals surface area contributed by atoms with Gasteiger partial charge < -0.3 is 5.73 Å². The third-order valence-electron chi connectivity index (χ3n) is 4.32. The molecule has 0 atom stereocenters. The summed E-state index contributed by atoms with van der Waals surface area (Å²) in [5, 5.41) is 9.92. The quantitative estimate of drug-likeness (QED) is 0.126. The summed E-state index contributed by atoms with van der Waals surface area (Å²) in [6.07, 6.45) is 2.24. The van der Waals surface area contributed by atoms with Crippen LogP contribution >= 0.6 is 23.2 Å². The fraction of sp³-hybridized carbons (Fsp3) is 0.217. The molecule has 0 saturated heterocycles. The van der Waals surface area contributed by atoms with Crippen molar-refractivity contribution in [2.75, 3.05) is 13.2 Å². The SMILES string of the molecule is C=CC/C(=N\C/C(N)=N\CN/N=C(\C)c1ccc(Cl)cc1)NN/N=C(/C)c1ccc(Cl)cc1. The lowest BCUT2D eigenvalue weighted by molar-refractivity contribution is 0.690. The number of nitrogens with one attached hydrogen (secondary N) is 3. The minimum atomic E-state index is 0.222. The highest BCUT2D eigenvalue weighted by Crippen LogP contribution is 2.10. The zero-order chi connectivity index (χ0) is 24.1. The number of nitrogens with zero attached hydrogens (tertiary/aromatic N) is 4. The van der Waals surface area contributed by atoms with Crippen molar-refractivity contribution in [2.24, 2.45) is 25.9 Å². The van der Waals surface area contributed by atoms with E-state index in [0.717, 1.165) is 22.6 Å². The molecule has 0 aliphatic heterocycles. The second kappa shape index (κ2) is 13.9. The van der Waals surface area contributed by atoms with Crippen LogP contribution in [0, 0.1) is 0 Å². The van der Waals surface area contributed by atoms with Crippen LogP contribution in [-0.2, 0) is 0 Å². The molecule has 0 amide bonds. The zero-order valence-corrected chi connectivity index (χ0v) is 20.2. The number of hydrazone groups is 2. The van der Waals surface area contributed by atoms with E-state index >= 15 is 0 Å². The van der Waals surface area contributed by atoms with Crippen LogP contribution in [0.15, 0.2) is 81.4 Å². The van der Waals surface area contributed by atoms with Crippen LogP contribution < -0.4 is 22.1 Å². The lowest BCUT2D eigenvalue weighted by atomic mass is 10.1. The molecule has 0 aliphatic carbocycles. The van der Waals surface area contributed by atoms with Gasteiger partial charge in [-0.25, -0.2) is 10.5 Å². The molecule has 0 unspecified atom stereocenters. The fourth-order valence-electron chi connectivity index (χ4n) is 2.50. The molecular formula is C23H28Cl2N8. The van der Waals surface area contributed by atoms with E-state index < -0.39 is 0 Å². The molecule has 0 radical (unpaired) electrons. The third kappa shape index (κ3) is 9.76. The van der Waals surface area contributed by atoms with E-state index in [1.165, 1.54) is 0 Å². The second-order valence-electron chi connectivity index (χ2n) is 6.87. The Labute approximate surface area is 204 Å². The first-order valence-corrected chi connectivity index (χ1v) is 10.9. The van der Waals surface area contributed by atoms with Crippen molar-refractivity contribution in [3.63, 3.8) is 0 Å². The van der Waals surface area contributed by atoms with Crippen molar-refractivity contribution in [1.29, 1.82) is 0 Å². The number of nitrogens with two attached hydrogens (primary N) is 1. The average Bonchev–Trinajstić information content (AvgIpc) is 2.81. The monoisotopic (exact) mass is 486 g/mol. The first-order valence-electron chi connectivity index (χ1n) is 10.2. The van der Waals surface area contributed by atoms with Gasteiger partial charge in [0.1, 0.15) is 18.3 Å². The summed E-state index contributed by atoms with van der Waals surface area (Å²) in [7, 11) is 0. The number of halogens is 2. The van der Waals surface area contributed by atoms with Crippen molar-refractivity contribution in [1.82, 2.24) is 16.4 Å². The van der Waals surface area contributed by atoms with Gasteiger partial charge in [-0.05, 0) is 49.2 Å². The molecule has 0 saturated carbocycles. The molecule has 0 fully saturated rings. The number of hydrogen-bond donors (Lipinski definition) is 4. The molecule has 5 N–H and O–H groups in total. The smallest absolute Gasteiger partial charge is 0.125 e. The number of hydrogen-bond acceptors (Lipinski definition) is 6. The number of aliphatic imine (C=N–C) groups is 2. The maximum absolute atomic E-state index is 5.96. The van der Waals surface area contributed by atoms with Gasteiger partial charge in [-0.1, -0.05) is 53.5 Å². The normalized spacial score (nSPS) is 13.0. The Morgan fingerprint density at radius 2 is 1.45 bits per heavy atom. The predicted octanol–water partition coefficient (Wildman–Crippen LogP) is 4.11. The van der Waals surface area contributed by atoms with E-state index in [1.54, 1.807) is 6.08 Å². The maximum Gasteiger partial charge on any atom is 0.125 e. The molecule has 2 aromatic carbocycles. The molecule has 0 bridgehead atoms. The van der Waals surface area contributed by atoms with Crippen molar-refractivity contribution >= 4 is 46.3 Å². The summed E-state index contributed by atoms with van der Waals surface area (Å²) in [6.45, 7) is 7.98. The van der Waals surface area contributed by atoms with Crippen LogP contribution in [0.4, 0.5) is 0 Å². The summed E-state index contributed by atoms with van der Waals surface area (Å²) in [6, 6.07) is 14.9. The molecule has 2 aromatic rings. The van der Waals surface area contributed by atoms with E-state index in [-0.39, 0.29) is 13.2 Å². The first kappa shape index (κ1) is 25.9. The maximum atomic E-state index is 5.96. The van der Waals surface area contributed by atoms with Gasteiger partial charge in [0.05, 0.1) is 18.0 Å². The number of benzene rings is 2. The summed E-state index contributed by atoms with van der Waals surface area (Å²) in [5.41, 5.74) is 18.1. The van der Waals surface area contributed by atoms with Crippen LogP contribution in [0.25, 0.3) is 0 Å². The molecule has 10 heteroatoms. The molecule has 0 aromatic heterocycles. The summed E-state index contributed by atoms with van der Waals surface area (Å²) in [4.78, 5) is 8.64. The van der Waals surface area contributed by atoms with Crippen molar-refractivity contribution in [3.8, 4) is 0 Å². The second-order valence-corrected chi connectivity index (χ2v) is 7.74. The zero-order valence-electron chi connectivity index (χ0n) is 18.6. The molecule has 2 rings (SSSR count). The highest BCUT2D eigenvalue weighted by Gasteiger charge is 2.00. The van der Waals surface area contributed by atoms with Gasteiger partial charge in [-0.15, -0.1) is 6.58 Å². The average molecular weight is 487 g/mol. The number of amidine groups is 2. The van der Waals surface area contributed by atoms with Crippen molar-refractivity contribution < 1.29 is 0 Å².